The molecule has 0 saturated carbocycles. The van der Waals surface area contributed by atoms with Gasteiger partial charge in [-0.15, -0.1) is 0 Å². The normalized spacial score (nSPS) is 14.4. The van der Waals surface area contributed by atoms with Crippen LogP contribution in [0.3, 0.4) is 0 Å². The second kappa shape index (κ2) is 9.67. The summed E-state index contributed by atoms with van der Waals surface area (Å²) in [6, 6.07) is 26.0. The van der Waals surface area contributed by atoms with Gasteiger partial charge in [-0.05, 0) is 36.6 Å². The van der Waals surface area contributed by atoms with E-state index in [2.05, 4.69) is 5.32 Å². The zero-order valence-corrected chi connectivity index (χ0v) is 18.2. The third kappa shape index (κ3) is 5.25. The van der Waals surface area contributed by atoms with Crippen LogP contribution in [0.2, 0.25) is 0 Å². The number of fused-ring (bicyclic) bond motifs is 1. The van der Waals surface area contributed by atoms with Crippen LogP contribution >= 0.6 is 11.8 Å². The zero-order valence-electron chi connectivity index (χ0n) is 17.4. The van der Waals surface area contributed by atoms with Gasteiger partial charge in [0.15, 0.2) is 0 Å². The van der Waals surface area contributed by atoms with Crippen molar-refractivity contribution in [3.05, 3.63) is 107 Å². The molecule has 1 heterocycles. The molecule has 0 spiro atoms. The topological polar surface area (TPSA) is 49.4 Å². The second-order valence-electron chi connectivity index (χ2n) is 7.48. The zero-order chi connectivity index (χ0) is 21.6. The lowest BCUT2D eigenvalue weighted by Gasteiger charge is -2.30. The van der Waals surface area contributed by atoms with Gasteiger partial charge in [0, 0.05) is 17.5 Å². The van der Waals surface area contributed by atoms with Crippen molar-refractivity contribution in [2.75, 3.05) is 11.4 Å². The molecule has 3 aromatic carbocycles. The van der Waals surface area contributed by atoms with Crippen LogP contribution in [0, 0.1) is 6.92 Å². The van der Waals surface area contributed by atoms with Gasteiger partial charge in [-0.25, -0.2) is 0 Å². The Morgan fingerprint density at radius 1 is 0.935 bits per heavy atom. The number of hydrogen-bond donors (Lipinski definition) is 1. The number of anilines is 1. The van der Waals surface area contributed by atoms with Crippen molar-refractivity contribution >= 4 is 29.3 Å². The highest BCUT2D eigenvalue weighted by molar-refractivity contribution is 8.04. The Hall–Kier alpha value is -3.31. The molecule has 3 aromatic rings. The van der Waals surface area contributed by atoms with E-state index in [0.717, 1.165) is 28.1 Å². The molecule has 4 nitrogen and oxygen atoms in total. The largest absolute Gasteiger partial charge is 0.352 e. The number of benzene rings is 3. The number of amides is 2. The molecule has 1 aliphatic heterocycles. The van der Waals surface area contributed by atoms with Crippen molar-refractivity contribution < 1.29 is 9.59 Å². The Bertz CT molecular complexity index is 1110. The smallest absolute Gasteiger partial charge is 0.265 e. The van der Waals surface area contributed by atoms with Crippen molar-refractivity contribution in [1.82, 2.24) is 5.32 Å². The fraction of sp³-hybridized carbons (Fsp3) is 0.154. The van der Waals surface area contributed by atoms with E-state index in [1.807, 2.05) is 85.8 Å². The third-order valence-electron chi connectivity index (χ3n) is 5.11. The predicted octanol–water partition coefficient (Wildman–Crippen LogP) is 4.88. The Balaban J connectivity index is 1.49. The monoisotopic (exact) mass is 428 g/mol. The van der Waals surface area contributed by atoms with E-state index in [1.165, 1.54) is 23.4 Å². The summed E-state index contributed by atoms with van der Waals surface area (Å²) in [5.41, 5.74) is 4.27. The van der Waals surface area contributed by atoms with Gasteiger partial charge < -0.3 is 10.2 Å². The molecule has 5 heteroatoms. The van der Waals surface area contributed by atoms with E-state index in [1.54, 1.807) is 4.90 Å². The molecular weight excluding hydrogens is 404 g/mol. The van der Waals surface area contributed by atoms with Crippen LogP contribution in [-0.4, -0.2) is 18.4 Å². The minimum atomic E-state index is -0.249. The van der Waals surface area contributed by atoms with Crippen LogP contribution in [-0.2, 0) is 22.6 Å². The second-order valence-corrected chi connectivity index (χ2v) is 8.57. The molecule has 31 heavy (non-hydrogen) atoms. The summed E-state index contributed by atoms with van der Waals surface area (Å²) in [4.78, 5) is 28.9. The molecule has 1 N–H and O–H groups in total. The number of carbonyl (C=O) groups excluding carboxylic acids is 2. The summed E-state index contributed by atoms with van der Waals surface area (Å²) in [5, 5.41) is 2.89. The first-order valence-electron chi connectivity index (χ1n) is 10.3. The lowest BCUT2D eigenvalue weighted by Crippen LogP contribution is -2.34. The van der Waals surface area contributed by atoms with Crippen LogP contribution in [0.15, 0.2) is 94.7 Å². The summed E-state index contributed by atoms with van der Waals surface area (Å²) in [7, 11) is 0. The van der Waals surface area contributed by atoms with E-state index < -0.39 is 0 Å². The highest BCUT2D eigenvalue weighted by Gasteiger charge is 2.29. The number of aryl methyl sites for hydroxylation is 1. The molecule has 0 unspecified atom stereocenters. The average Bonchev–Trinajstić information content (AvgIpc) is 2.78. The van der Waals surface area contributed by atoms with E-state index in [0.29, 0.717) is 18.0 Å². The van der Waals surface area contributed by atoms with E-state index in [9.17, 15) is 9.59 Å². The molecule has 0 aromatic heterocycles. The van der Waals surface area contributed by atoms with Crippen LogP contribution in [0.1, 0.15) is 16.7 Å². The van der Waals surface area contributed by atoms with E-state index in [-0.39, 0.29) is 11.8 Å². The van der Waals surface area contributed by atoms with Crippen LogP contribution in [0.4, 0.5) is 5.69 Å². The maximum absolute atomic E-state index is 13.2. The van der Waals surface area contributed by atoms with Gasteiger partial charge in [0.1, 0.15) is 0 Å². The van der Waals surface area contributed by atoms with Crippen LogP contribution in [0.25, 0.3) is 0 Å². The average molecular weight is 429 g/mol. The minimum absolute atomic E-state index is 0.150. The van der Waals surface area contributed by atoms with Crippen molar-refractivity contribution in [3.8, 4) is 0 Å². The molecule has 1 aliphatic rings. The molecule has 0 fully saturated rings. The van der Waals surface area contributed by atoms with Gasteiger partial charge >= 0.3 is 0 Å². The number of nitrogens with zero attached hydrogens (tertiary/aromatic N) is 1. The summed E-state index contributed by atoms with van der Waals surface area (Å²) < 4.78 is 0. The number of rotatable bonds is 6. The van der Waals surface area contributed by atoms with Gasteiger partial charge in [0.25, 0.3) is 5.91 Å². The molecule has 0 radical (unpaired) electrons. The summed E-state index contributed by atoms with van der Waals surface area (Å²) in [6.45, 7) is 3.03. The Morgan fingerprint density at radius 2 is 1.65 bits per heavy atom. The van der Waals surface area contributed by atoms with Gasteiger partial charge in [-0.2, -0.15) is 0 Å². The molecule has 0 atom stereocenters. The molecule has 0 bridgehead atoms. The highest BCUT2D eigenvalue weighted by atomic mass is 32.2. The van der Waals surface area contributed by atoms with Crippen molar-refractivity contribution in [3.63, 3.8) is 0 Å². The molecular formula is C26H24N2O2S. The Labute approximate surface area is 187 Å². The first kappa shape index (κ1) is 20.9. The molecule has 0 saturated heterocycles. The Morgan fingerprint density at radius 3 is 2.42 bits per heavy atom. The predicted molar refractivity (Wildman–Crippen MR) is 126 cm³/mol. The summed E-state index contributed by atoms with van der Waals surface area (Å²) in [6.07, 6.45) is 2.18. The third-order valence-corrected chi connectivity index (χ3v) is 6.19. The maximum Gasteiger partial charge on any atom is 0.265 e. The van der Waals surface area contributed by atoms with E-state index in [4.69, 9.17) is 0 Å². The van der Waals surface area contributed by atoms with Gasteiger partial charge in [-0.3, -0.25) is 9.59 Å². The first-order valence-corrected chi connectivity index (χ1v) is 11.1. The number of nitrogens with one attached hydrogen (secondary N) is 1. The quantitative estimate of drug-likeness (QED) is 0.570. The Kier molecular flexibility index (Phi) is 6.53. The standard InChI is InChI=1S/C26H24N2O2S/c1-19-11-13-21(14-12-19)18-28-22-9-5-6-10-23(22)31-24(26(28)30)17-25(29)27-16-15-20-7-3-2-4-8-20/h2-14,17H,15-16,18H2,1H3,(H,27,29). The lowest BCUT2D eigenvalue weighted by atomic mass is 10.1. The minimum Gasteiger partial charge on any atom is -0.352 e. The molecule has 4 rings (SSSR count). The van der Waals surface area contributed by atoms with Crippen molar-refractivity contribution in [1.29, 1.82) is 0 Å². The molecule has 156 valence electrons. The molecule has 2 amide bonds. The number of hydrogen-bond acceptors (Lipinski definition) is 3. The van der Waals surface area contributed by atoms with Gasteiger partial charge in [0.05, 0.1) is 17.1 Å². The van der Waals surface area contributed by atoms with Crippen LogP contribution < -0.4 is 10.2 Å². The summed E-state index contributed by atoms with van der Waals surface area (Å²) >= 11 is 1.35. The fourth-order valence-electron chi connectivity index (χ4n) is 3.44. The van der Waals surface area contributed by atoms with Crippen LogP contribution in [0.5, 0.6) is 0 Å². The first-order chi connectivity index (χ1) is 15.1. The number of carbonyl (C=O) groups is 2. The number of para-hydroxylation sites is 1. The van der Waals surface area contributed by atoms with E-state index >= 15 is 0 Å². The number of thioether (sulfide) groups is 1. The highest BCUT2D eigenvalue weighted by Crippen LogP contribution is 2.41. The maximum atomic E-state index is 13.2. The lowest BCUT2D eigenvalue weighted by molar-refractivity contribution is -0.118. The van der Waals surface area contributed by atoms with Gasteiger partial charge in [0.2, 0.25) is 5.91 Å². The summed E-state index contributed by atoms with van der Waals surface area (Å²) in [5.74, 6) is -0.399. The van der Waals surface area contributed by atoms with Crippen molar-refractivity contribution in [2.45, 2.75) is 24.8 Å². The fourth-order valence-corrected chi connectivity index (χ4v) is 4.47. The molecule has 0 aliphatic carbocycles. The SMILES string of the molecule is Cc1ccc(CN2C(=O)C(=CC(=O)NCCc3ccccc3)Sc3ccccc32)cc1. The van der Waals surface area contributed by atoms with Crippen molar-refractivity contribution in [2.24, 2.45) is 0 Å². The van der Waals surface area contributed by atoms with Gasteiger partial charge in [-0.1, -0.05) is 84.1 Å².